The van der Waals surface area contributed by atoms with Gasteiger partial charge in [-0.05, 0) is 23.6 Å². The summed E-state index contributed by atoms with van der Waals surface area (Å²) >= 11 is 5.82. The quantitative estimate of drug-likeness (QED) is 0.388. The molecule has 174 valence electrons. The fraction of sp³-hybridized carbons (Fsp3) is 0.273. The van der Waals surface area contributed by atoms with Crippen molar-refractivity contribution in [3.05, 3.63) is 51.5 Å². The molecule has 14 heteroatoms. The van der Waals surface area contributed by atoms with E-state index in [1.807, 2.05) is 5.32 Å². The van der Waals surface area contributed by atoms with Crippen LogP contribution in [0.25, 0.3) is 0 Å². The monoisotopic (exact) mass is 501 g/mol. The fourth-order valence-electron chi connectivity index (χ4n) is 4.20. The molecule has 1 fully saturated rings. The van der Waals surface area contributed by atoms with E-state index in [1.165, 1.54) is 23.1 Å². The largest absolute Gasteiger partial charge is 0.352 e. The number of imide groups is 1. The normalized spacial score (nSPS) is 18.6. The van der Waals surface area contributed by atoms with Crippen LogP contribution in [0.2, 0.25) is 5.02 Å². The maximum Gasteiger partial charge on any atom is 0.349 e. The number of amides is 4. The van der Waals surface area contributed by atoms with Crippen LogP contribution in [0.5, 0.6) is 0 Å². The maximum atomic E-state index is 15.0. The number of hydrogen-bond acceptors (Lipinski definition) is 4. The summed E-state index contributed by atoms with van der Waals surface area (Å²) in [4.78, 5) is 50.2. The number of hydrogen-bond donors (Lipinski definition) is 2. The number of carbonyl (C=O) groups excluding carboxylic acids is 4. The van der Waals surface area contributed by atoms with E-state index in [4.69, 9.17) is 43.0 Å². The Bertz CT molecular complexity index is 1330. The Kier molecular flexibility index (Phi) is 6.81. The lowest BCUT2D eigenvalue weighted by Crippen LogP contribution is -2.52. The molecule has 4 rings (SSSR count). The van der Waals surface area contributed by atoms with Crippen LogP contribution in [0.3, 0.4) is 0 Å². The minimum Gasteiger partial charge on any atom is -0.352 e. The molecule has 0 saturated carbocycles. The molecule has 2 atom stereocenters. The van der Waals surface area contributed by atoms with Gasteiger partial charge in [0.15, 0.2) is 0 Å². The van der Waals surface area contributed by atoms with Crippen LogP contribution in [0.15, 0.2) is 24.3 Å². The smallest absolute Gasteiger partial charge is 0.349 e. The molecular formula is C22H14B4ClF2N3O4. The Morgan fingerprint density at radius 3 is 2.53 bits per heavy atom. The molecule has 8 radical (unpaired) electrons. The highest BCUT2D eigenvalue weighted by atomic mass is 35.5. The predicted molar refractivity (Wildman–Crippen MR) is 131 cm³/mol. The number of rotatable bonds is 5. The topological polar surface area (TPSA) is 95.6 Å². The van der Waals surface area contributed by atoms with Gasteiger partial charge in [-0.2, -0.15) is 8.78 Å². The summed E-state index contributed by atoms with van der Waals surface area (Å²) in [6, 6.07) is 4.27. The average Bonchev–Trinajstić information content (AvgIpc) is 3.15. The number of alkyl halides is 2. The van der Waals surface area contributed by atoms with E-state index in [9.17, 15) is 28.0 Å². The summed E-state index contributed by atoms with van der Waals surface area (Å²) in [7, 11) is 22.8. The van der Waals surface area contributed by atoms with Gasteiger partial charge in [-0.15, -0.1) is 0 Å². The van der Waals surface area contributed by atoms with Crippen molar-refractivity contribution in [1.82, 2.24) is 15.5 Å². The first kappa shape index (κ1) is 26.0. The van der Waals surface area contributed by atoms with Gasteiger partial charge in [0.1, 0.15) is 37.4 Å². The highest BCUT2D eigenvalue weighted by Crippen LogP contribution is 2.31. The van der Waals surface area contributed by atoms with E-state index in [1.54, 1.807) is 0 Å². The van der Waals surface area contributed by atoms with Crippen LogP contribution in [0.1, 0.15) is 45.8 Å². The second kappa shape index (κ2) is 9.42. The lowest BCUT2D eigenvalue weighted by molar-refractivity contribution is -0.147. The van der Waals surface area contributed by atoms with Gasteiger partial charge in [0.25, 0.3) is 11.8 Å². The predicted octanol–water partition coefficient (Wildman–Crippen LogP) is -1.44. The summed E-state index contributed by atoms with van der Waals surface area (Å²) in [6.07, 6.45) is 0.285. The second-order valence-electron chi connectivity index (χ2n) is 8.50. The van der Waals surface area contributed by atoms with Crippen molar-refractivity contribution in [3.8, 4) is 0 Å². The van der Waals surface area contributed by atoms with Gasteiger partial charge >= 0.3 is 5.92 Å². The van der Waals surface area contributed by atoms with Crippen molar-refractivity contribution in [2.75, 3.05) is 0 Å². The Labute approximate surface area is 215 Å². The van der Waals surface area contributed by atoms with Crippen molar-refractivity contribution in [2.24, 2.45) is 0 Å². The zero-order chi connectivity index (χ0) is 26.5. The third kappa shape index (κ3) is 4.45. The van der Waals surface area contributed by atoms with Crippen LogP contribution in [-0.4, -0.2) is 66.0 Å². The van der Waals surface area contributed by atoms with Crippen molar-refractivity contribution < 1.29 is 28.0 Å². The molecule has 2 aliphatic heterocycles. The first-order chi connectivity index (χ1) is 16.8. The van der Waals surface area contributed by atoms with Crippen LogP contribution in [0, 0.1) is 0 Å². The summed E-state index contributed by atoms with van der Waals surface area (Å²) in [5.74, 6) is -8.68. The van der Waals surface area contributed by atoms with E-state index >= 15 is 0 Å². The van der Waals surface area contributed by atoms with E-state index < -0.39 is 52.6 Å². The van der Waals surface area contributed by atoms with E-state index in [2.05, 4.69) is 5.32 Å². The number of benzene rings is 2. The SMILES string of the molecule is [B]c1cc(C(F)(F)C(=O)NC([B])c2ccc3c(c2)CN(C2CCC(=O)NC2=O)C3=O)c([B])c([B])c1Cl. The third-order valence-electron chi connectivity index (χ3n) is 6.19. The first-order valence-electron chi connectivity index (χ1n) is 10.7. The molecule has 7 nitrogen and oxygen atoms in total. The molecule has 2 aliphatic rings. The van der Waals surface area contributed by atoms with Gasteiger partial charge in [0.2, 0.25) is 11.8 Å². The molecule has 36 heavy (non-hydrogen) atoms. The van der Waals surface area contributed by atoms with Crippen LogP contribution < -0.4 is 27.0 Å². The molecule has 1 saturated heterocycles. The lowest BCUT2D eigenvalue weighted by atomic mass is 9.72. The first-order valence-corrected chi connectivity index (χ1v) is 11.1. The average molecular weight is 501 g/mol. The summed E-state index contributed by atoms with van der Waals surface area (Å²) in [5, 5.41) is 4.02. The fourth-order valence-corrected chi connectivity index (χ4v) is 4.36. The Hall–Kier alpha value is -3.07. The number of nitrogens with one attached hydrogen (secondary N) is 2. The molecule has 0 aromatic heterocycles. The van der Waals surface area contributed by atoms with Crippen molar-refractivity contribution >= 4 is 83.0 Å². The number of fused-ring (bicyclic) bond motifs is 1. The maximum absolute atomic E-state index is 15.0. The molecule has 2 aromatic carbocycles. The molecular weight excluding hydrogens is 487 g/mol. The Morgan fingerprint density at radius 1 is 1.17 bits per heavy atom. The Morgan fingerprint density at radius 2 is 1.86 bits per heavy atom. The molecule has 0 spiro atoms. The third-order valence-corrected chi connectivity index (χ3v) is 6.61. The minimum absolute atomic E-state index is 0.0466. The highest BCUT2D eigenvalue weighted by molar-refractivity contribution is 6.59. The second-order valence-corrected chi connectivity index (χ2v) is 8.87. The van der Waals surface area contributed by atoms with Gasteiger partial charge in [-0.1, -0.05) is 46.2 Å². The standard InChI is InChI=1S/C22H14B4ClF2N3O4/c23-12-6-11(15(24)16(25)17(12)27)22(28,29)21(36)31-18(26)8-1-2-10-9(5-8)7-32(20(10)35)13-3-4-14(33)30-19(13)34/h1-2,5-6,13,18H,3-4,7H2,(H,31,36)(H,30,33,34). The van der Waals surface area contributed by atoms with Gasteiger partial charge in [0.05, 0.1) is 0 Å². The molecule has 4 amide bonds. The number of nitrogens with zero attached hydrogens (tertiary/aromatic N) is 1. The van der Waals surface area contributed by atoms with Gasteiger partial charge in [0, 0.05) is 35.1 Å². The summed E-state index contributed by atoms with van der Waals surface area (Å²) in [5.41, 5.74) is -1.16. The lowest BCUT2D eigenvalue weighted by Gasteiger charge is -2.29. The van der Waals surface area contributed by atoms with Gasteiger partial charge in [-0.3, -0.25) is 24.5 Å². The van der Waals surface area contributed by atoms with Crippen LogP contribution in [-0.2, 0) is 26.9 Å². The number of carbonyl (C=O) groups is 4. The van der Waals surface area contributed by atoms with E-state index in [0.29, 0.717) is 11.1 Å². The van der Waals surface area contributed by atoms with E-state index in [-0.39, 0.29) is 40.9 Å². The molecule has 2 unspecified atom stereocenters. The minimum atomic E-state index is -4.15. The molecule has 2 heterocycles. The Balaban J connectivity index is 1.52. The summed E-state index contributed by atoms with van der Waals surface area (Å²) < 4.78 is 29.9. The van der Waals surface area contributed by atoms with Crippen molar-refractivity contribution in [1.29, 1.82) is 0 Å². The van der Waals surface area contributed by atoms with Crippen molar-refractivity contribution in [3.63, 3.8) is 0 Å². The summed E-state index contributed by atoms with van der Waals surface area (Å²) in [6.45, 7) is 0.0466. The molecule has 0 aliphatic carbocycles. The zero-order valence-electron chi connectivity index (χ0n) is 18.6. The van der Waals surface area contributed by atoms with Crippen LogP contribution >= 0.6 is 11.6 Å². The van der Waals surface area contributed by atoms with E-state index in [0.717, 1.165) is 6.07 Å². The highest BCUT2D eigenvalue weighted by Gasteiger charge is 2.43. The van der Waals surface area contributed by atoms with Crippen molar-refractivity contribution in [2.45, 2.75) is 37.3 Å². The molecule has 2 N–H and O–H groups in total. The van der Waals surface area contributed by atoms with Gasteiger partial charge < -0.3 is 10.2 Å². The molecule has 0 bridgehead atoms. The van der Waals surface area contributed by atoms with Crippen LogP contribution in [0.4, 0.5) is 8.78 Å². The number of halogens is 3. The molecule has 2 aromatic rings. The number of piperidine rings is 1. The zero-order valence-corrected chi connectivity index (χ0v) is 19.4. The van der Waals surface area contributed by atoms with Gasteiger partial charge in [-0.25, -0.2) is 0 Å².